The van der Waals surface area contributed by atoms with Crippen LogP contribution in [0.1, 0.15) is 17.4 Å². The highest BCUT2D eigenvalue weighted by Gasteiger charge is 2.23. The minimum Gasteiger partial charge on any atom is -0.448 e. The summed E-state index contributed by atoms with van der Waals surface area (Å²) < 4.78 is 46.2. The lowest BCUT2D eigenvalue weighted by atomic mass is 10.2. The molecule has 0 unspecified atom stereocenters. The molecule has 134 valence electrons. The number of anilines is 1. The normalized spacial score (nSPS) is 12.0. The molecule has 0 aliphatic heterocycles. The summed E-state index contributed by atoms with van der Waals surface area (Å²) in [4.78, 5) is 28.1. The Labute approximate surface area is 145 Å². The maximum atomic E-state index is 13.6. The molecule has 26 heavy (non-hydrogen) atoms. The van der Waals surface area contributed by atoms with Gasteiger partial charge in [-0.05, 0) is 31.2 Å². The van der Waals surface area contributed by atoms with Crippen molar-refractivity contribution in [1.82, 2.24) is 9.38 Å². The Kier molecular flexibility index (Phi) is 4.61. The van der Waals surface area contributed by atoms with Crippen molar-refractivity contribution in [2.24, 2.45) is 0 Å². The Morgan fingerprint density at radius 1 is 1.15 bits per heavy atom. The number of halogens is 3. The first-order valence-electron chi connectivity index (χ1n) is 7.46. The monoisotopic (exact) mass is 363 g/mol. The zero-order valence-electron chi connectivity index (χ0n) is 13.4. The van der Waals surface area contributed by atoms with E-state index >= 15 is 0 Å². The molecule has 0 bridgehead atoms. The van der Waals surface area contributed by atoms with Crippen LogP contribution in [0.3, 0.4) is 0 Å². The van der Waals surface area contributed by atoms with Gasteiger partial charge in [-0.25, -0.2) is 22.9 Å². The van der Waals surface area contributed by atoms with Crippen LogP contribution < -0.4 is 5.32 Å². The minimum atomic E-state index is -1.71. The van der Waals surface area contributed by atoms with E-state index in [-0.39, 0.29) is 5.69 Å². The van der Waals surface area contributed by atoms with E-state index in [0.29, 0.717) is 11.7 Å². The quantitative estimate of drug-likeness (QED) is 0.571. The largest absolute Gasteiger partial charge is 0.448 e. The van der Waals surface area contributed by atoms with Gasteiger partial charge >= 0.3 is 5.97 Å². The van der Waals surface area contributed by atoms with Gasteiger partial charge in [-0.3, -0.25) is 4.79 Å². The van der Waals surface area contributed by atoms with Gasteiger partial charge in [0.05, 0.1) is 5.69 Å². The van der Waals surface area contributed by atoms with Crippen molar-refractivity contribution in [3.05, 3.63) is 65.9 Å². The Bertz CT molecular complexity index is 970. The second-order valence-electron chi connectivity index (χ2n) is 5.35. The summed E-state index contributed by atoms with van der Waals surface area (Å²) in [6.45, 7) is 1.25. The summed E-state index contributed by atoms with van der Waals surface area (Å²) in [5.74, 6) is -6.41. The van der Waals surface area contributed by atoms with E-state index in [9.17, 15) is 22.8 Å². The molecule has 2 aromatic heterocycles. The molecule has 0 spiro atoms. The van der Waals surface area contributed by atoms with E-state index < -0.39 is 41.1 Å². The maximum absolute atomic E-state index is 13.6. The van der Waals surface area contributed by atoms with Gasteiger partial charge in [0.2, 0.25) is 0 Å². The Morgan fingerprint density at radius 3 is 2.65 bits per heavy atom. The average Bonchev–Trinajstić information content (AvgIpc) is 3.06. The number of pyridine rings is 1. The predicted molar refractivity (Wildman–Crippen MR) is 85.0 cm³/mol. The number of nitrogens with one attached hydrogen (secondary N) is 1. The summed E-state index contributed by atoms with van der Waals surface area (Å²) in [6, 6.07) is 6.70. The summed E-state index contributed by atoms with van der Waals surface area (Å²) >= 11 is 0. The van der Waals surface area contributed by atoms with Crippen molar-refractivity contribution in [1.29, 1.82) is 0 Å². The van der Waals surface area contributed by atoms with Gasteiger partial charge in [0.15, 0.2) is 29.2 Å². The van der Waals surface area contributed by atoms with E-state index in [1.165, 1.54) is 13.1 Å². The first-order chi connectivity index (χ1) is 12.4. The second kappa shape index (κ2) is 6.87. The van der Waals surface area contributed by atoms with E-state index in [1.807, 2.05) is 5.32 Å². The number of esters is 1. The van der Waals surface area contributed by atoms with Crippen molar-refractivity contribution >= 4 is 23.2 Å². The average molecular weight is 363 g/mol. The van der Waals surface area contributed by atoms with Gasteiger partial charge in [0, 0.05) is 12.4 Å². The Balaban J connectivity index is 1.69. The van der Waals surface area contributed by atoms with E-state index in [1.54, 1.807) is 28.8 Å². The summed E-state index contributed by atoms with van der Waals surface area (Å²) in [7, 11) is 0. The highest BCUT2D eigenvalue weighted by Crippen LogP contribution is 2.20. The number of nitrogens with zero attached hydrogens (tertiary/aromatic N) is 2. The standard InChI is InChI=1S/C17H12F3N3O3/c1-9(16(24)22-11-6-5-10(18)14(19)15(11)20)26-17(25)12-8-23-7-3-2-4-13(23)21-12/h2-9H,1H3,(H,22,24)/t9-/m1/s1. The zero-order chi connectivity index (χ0) is 18.8. The SMILES string of the molecule is C[C@@H](OC(=O)c1cn2ccccc2n1)C(=O)Nc1ccc(F)c(F)c1F. The highest BCUT2D eigenvalue weighted by molar-refractivity contribution is 5.97. The number of carbonyl (C=O) groups excluding carboxylic acids is 2. The molecular weight excluding hydrogens is 351 g/mol. The van der Waals surface area contributed by atoms with Crippen molar-refractivity contribution < 1.29 is 27.5 Å². The second-order valence-corrected chi connectivity index (χ2v) is 5.35. The van der Waals surface area contributed by atoms with Crippen molar-refractivity contribution in [2.45, 2.75) is 13.0 Å². The molecule has 0 fully saturated rings. The molecule has 1 N–H and O–H groups in total. The number of hydrogen-bond donors (Lipinski definition) is 1. The molecule has 2 heterocycles. The Morgan fingerprint density at radius 2 is 1.92 bits per heavy atom. The first-order valence-corrected chi connectivity index (χ1v) is 7.46. The van der Waals surface area contributed by atoms with E-state index in [0.717, 1.165) is 6.07 Å². The predicted octanol–water partition coefficient (Wildman–Crippen LogP) is 2.94. The number of benzene rings is 1. The number of rotatable bonds is 4. The van der Waals surface area contributed by atoms with Gasteiger partial charge in [-0.2, -0.15) is 0 Å². The van der Waals surface area contributed by atoms with Gasteiger partial charge in [0.1, 0.15) is 5.65 Å². The lowest BCUT2D eigenvalue weighted by Gasteiger charge is -2.13. The fourth-order valence-electron chi connectivity index (χ4n) is 2.16. The van der Waals surface area contributed by atoms with Crippen LogP contribution in [0.4, 0.5) is 18.9 Å². The van der Waals surface area contributed by atoms with Gasteiger partial charge < -0.3 is 14.5 Å². The molecule has 0 aliphatic carbocycles. The molecule has 6 nitrogen and oxygen atoms in total. The maximum Gasteiger partial charge on any atom is 0.359 e. The number of imidazole rings is 1. The topological polar surface area (TPSA) is 72.7 Å². The zero-order valence-corrected chi connectivity index (χ0v) is 13.4. The number of amides is 1. The summed E-state index contributed by atoms with van der Waals surface area (Å²) in [5, 5.41) is 2.04. The molecule has 9 heteroatoms. The van der Waals surface area contributed by atoms with Crippen LogP contribution in [-0.4, -0.2) is 27.4 Å². The lowest BCUT2D eigenvalue weighted by molar-refractivity contribution is -0.123. The molecule has 3 aromatic rings. The summed E-state index contributed by atoms with van der Waals surface area (Å²) in [5.41, 5.74) is -0.0696. The van der Waals surface area contributed by atoms with Crippen LogP contribution >= 0.6 is 0 Å². The number of aromatic nitrogens is 2. The molecule has 0 saturated heterocycles. The van der Waals surface area contributed by atoms with Crippen molar-refractivity contribution in [3.63, 3.8) is 0 Å². The number of fused-ring (bicyclic) bond motifs is 1. The van der Waals surface area contributed by atoms with Crippen LogP contribution in [-0.2, 0) is 9.53 Å². The van der Waals surface area contributed by atoms with Crippen LogP contribution in [0.2, 0.25) is 0 Å². The van der Waals surface area contributed by atoms with Crippen LogP contribution in [0.25, 0.3) is 5.65 Å². The summed E-state index contributed by atoms with van der Waals surface area (Å²) in [6.07, 6.45) is 1.79. The fourth-order valence-corrected chi connectivity index (χ4v) is 2.16. The molecule has 3 rings (SSSR count). The molecule has 0 radical (unpaired) electrons. The molecular formula is C17H12F3N3O3. The molecule has 1 amide bonds. The van der Waals surface area contributed by atoms with Crippen molar-refractivity contribution in [2.75, 3.05) is 5.32 Å². The van der Waals surface area contributed by atoms with Crippen molar-refractivity contribution in [3.8, 4) is 0 Å². The molecule has 1 atom stereocenters. The minimum absolute atomic E-state index is 0.0187. The van der Waals surface area contributed by atoms with Crippen LogP contribution in [0, 0.1) is 17.5 Å². The molecule has 0 saturated carbocycles. The molecule has 0 aliphatic rings. The lowest BCUT2D eigenvalue weighted by Crippen LogP contribution is -2.30. The van der Waals surface area contributed by atoms with Gasteiger partial charge in [0.25, 0.3) is 5.91 Å². The third kappa shape index (κ3) is 3.37. The van der Waals surface area contributed by atoms with Gasteiger partial charge in [-0.15, -0.1) is 0 Å². The van der Waals surface area contributed by atoms with E-state index in [2.05, 4.69) is 4.98 Å². The number of carbonyl (C=O) groups is 2. The Hall–Kier alpha value is -3.36. The van der Waals surface area contributed by atoms with E-state index in [4.69, 9.17) is 4.74 Å². The highest BCUT2D eigenvalue weighted by atomic mass is 19.2. The molecule has 1 aromatic carbocycles. The van der Waals surface area contributed by atoms with Gasteiger partial charge in [-0.1, -0.05) is 6.07 Å². The van der Waals surface area contributed by atoms with Crippen LogP contribution in [0.15, 0.2) is 42.7 Å². The third-order valence-electron chi connectivity index (χ3n) is 3.52. The fraction of sp³-hybridized carbons (Fsp3) is 0.118. The number of ether oxygens (including phenoxy) is 1. The smallest absolute Gasteiger partial charge is 0.359 e. The first kappa shape index (κ1) is 17.5. The third-order valence-corrected chi connectivity index (χ3v) is 3.52. The van der Waals surface area contributed by atoms with Crippen LogP contribution in [0.5, 0.6) is 0 Å². The number of hydrogen-bond acceptors (Lipinski definition) is 4.